The standard InChI is InChI=1S/C26H29N3O2S2/c1-28(26(31)23-11-7-17-33-23)22(18-19-8-4-3-5-9-19)20-12-15-29(16-13-20)25(30)21-10-6-14-27-24(21)32-2/h3-11,14,17,20,22H,12-13,15-16,18H2,1-2H3. The van der Waals surface area contributed by atoms with Crippen molar-refractivity contribution in [2.75, 3.05) is 26.4 Å². The summed E-state index contributed by atoms with van der Waals surface area (Å²) in [6, 6.07) is 17.9. The number of carbonyl (C=O) groups is 2. The largest absolute Gasteiger partial charge is 0.339 e. The Labute approximate surface area is 203 Å². The van der Waals surface area contributed by atoms with E-state index in [1.165, 1.54) is 28.7 Å². The summed E-state index contributed by atoms with van der Waals surface area (Å²) in [7, 11) is 1.92. The lowest BCUT2D eigenvalue weighted by Crippen LogP contribution is -2.48. The van der Waals surface area contributed by atoms with Gasteiger partial charge in [-0.1, -0.05) is 36.4 Å². The molecule has 1 saturated heterocycles. The minimum absolute atomic E-state index is 0.0496. The molecule has 1 aliphatic rings. The van der Waals surface area contributed by atoms with Gasteiger partial charge in [-0.15, -0.1) is 23.1 Å². The van der Waals surface area contributed by atoms with E-state index < -0.39 is 0 Å². The van der Waals surface area contributed by atoms with Crippen molar-refractivity contribution in [3.8, 4) is 0 Å². The van der Waals surface area contributed by atoms with Gasteiger partial charge in [0.25, 0.3) is 11.8 Å². The van der Waals surface area contributed by atoms with Crippen molar-refractivity contribution >= 4 is 34.9 Å². The summed E-state index contributed by atoms with van der Waals surface area (Å²) in [5, 5.41) is 2.71. The number of thioether (sulfide) groups is 1. The summed E-state index contributed by atoms with van der Waals surface area (Å²) >= 11 is 2.98. The lowest BCUT2D eigenvalue weighted by atomic mass is 9.84. The van der Waals surface area contributed by atoms with E-state index in [0.717, 1.165) is 29.2 Å². The smallest absolute Gasteiger partial charge is 0.263 e. The predicted octanol–water partition coefficient (Wildman–Crippen LogP) is 5.10. The first kappa shape index (κ1) is 23.5. The molecule has 0 bridgehead atoms. The van der Waals surface area contributed by atoms with Crippen molar-refractivity contribution in [3.05, 3.63) is 82.2 Å². The molecule has 2 amide bonds. The normalized spacial score (nSPS) is 15.3. The maximum absolute atomic E-state index is 13.2. The topological polar surface area (TPSA) is 53.5 Å². The summed E-state index contributed by atoms with van der Waals surface area (Å²) in [4.78, 5) is 35.3. The molecule has 1 unspecified atom stereocenters. The molecule has 4 rings (SSSR count). The molecule has 1 aliphatic heterocycles. The Morgan fingerprint density at radius 2 is 1.88 bits per heavy atom. The van der Waals surface area contributed by atoms with Crippen LogP contribution in [0.3, 0.4) is 0 Å². The molecule has 1 aromatic carbocycles. The van der Waals surface area contributed by atoms with Gasteiger partial charge in [-0.2, -0.15) is 0 Å². The van der Waals surface area contributed by atoms with Gasteiger partial charge < -0.3 is 9.80 Å². The van der Waals surface area contributed by atoms with Crippen LogP contribution in [0.5, 0.6) is 0 Å². The van der Waals surface area contributed by atoms with Gasteiger partial charge in [-0.25, -0.2) is 4.98 Å². The zero-order valence-corrected chi connectivity index (χ0v) is 20.6. The molecule has 7 heteroatoms. The lowest BCUT2D eigenvalue weighted by Gasteiger charge is -2.40. The molecular weight excluding hydrogens is 450 g/mol. The van der Waals surface area contributed by atoms with Crippen LogP contribution in [0.2, 0.25) is 0 Å². The molecule has 1 atom stereocenters. The van der Waals surface area contributed by atoms with Crippen molar-refractivity contribution in [1.82, 2.24) is 14.8 Å². The van der Waals surface area contributed by atoms with Gasteiger partial charge in [0.2, 0.25) is 0 Å². The molecule has 0 radical (unpaired) electrons. The second-order valence-corrected chi connectivity index (χ2v) is 10.1. The number of rotatable bonds is 7. The van der Waals surface area contributed by atoms with Gasteiger partial charge in [0.15, 0.2) is 0 Å². The molecule has 33 heavy (non-hydrogen) atoms. The SMILES string of the molecule is CSc1ncccc1C(=O)N1CCC(C(Cc2ccccc2)N(C)C(=O)c2cccs2)CC1. The number of amides is 2. The average molecular weight is 480 g/mol. The summed E-state index contributed by atoms with van der Waals surface area (Å²) < 4.78 is 0. The zero-order chi connectivity index (χ0) is 23.2. The first-order chi connectivity index (χ1) is 16.1. The van der Waals surface area contributed by atoms with Crippen molar-refractivity contribution in [3.63, 3.8) is 0 Å². The quantitative estimate of drug-likeness (QED) is 0.443. The van der Waals surface area contributed by atoms with Crippen LogP contribution in [0.15, 0.2) is 71.2 Å². The number of nitrogens with zero attached hydrogens (tertiary/aromatic N) is 3. The number of hydrogen-bond donors (Lipinski definition) is 0. The monoisotopic (exact) mass is 479 g/mol. The molecule has 0 aliphatic carbocycles. The molecule has 0 spiro atoms. The summed E-state index contributed by atoms with van der Waals surface area (Å²) in [5.74, 6) is 0.454. The number of carbonyl (C=O) groups excluding carboxylic acids is 2. The highest BCUT2D eigenvalue weighted by Gasteiger charge is 2.34. The molecular formula is C26H29N3O2S2. The van der Waals surface area contributed by atoms with Crippen molar-refractivity contribution in [1.29, 1.82) is 0 Å². The van der Waals surface area contributed by atoms with Crippen molar-refractivity contribution in [2.24, 2.45) is 5.92 Å². The highest BCUT2D eigenvalue weighted by Crippen LogP contribution is 2.29. The minimum Gasteiger partial charge on any atom is -0.339 e. The van der Waals surface area contributed by atoms with E-state index in [1.54, 1.807) is 6.20 Å². The second-order valence-electron chi connectivity index (χ2n) is 8.34. The molecule has 0 saturated carbocycles. The molecule has 2 aromatic heterocycles. The van der Waals surface area contributed by atoms with Gasteiger partial charge in [0, 0.05) is 32.4 Å². The number of pyridine rings is 1. The van der Waals surface area contributed by atoms with Crippen LogP contribution in [-0.2, 0) is 6.42 Å². The third kappa shape index (κ3) is 5.47. The van der Waals surface area contributed by atoms with Crippen LogP contribution in [0, 0.1) is 5.92 Å². The Kier molecular flexibility index (Phi) is 7.83. The van der Waals surface area contributed by atoms with Gasteiger partial charge in [0.1, 0.15) is 5.03 Å². The number of hydrogen-bond acceptors (Lipinski definition) is 5. The number of likely N-dealkylation sites (N-methyl/N-ethyl adjacent to an activating group) is 1. The Balaban J connectivity index is 1.49. The number of likely N-dealkylation sites (tertiary alicyclic amines) is 1. The Morgan fingerprint density at radius 3 is 2.55 bits per heavy atom. The molecule has 3 heterocycles. The molecule has 5 nitrogen and oxygen atoms in total. The first-order valence-electron chi connectivity index (χ1n) is 11.2. The number of benzene rings is 1. The molecule has 0 N–H and O–H groups in total. The fourth-order valence-electron chi connectivity index (χ4n) is 4.57. The third-order valence-electron chi connectivity index (χ3n) is 6.40. The van der Waals surface area contributed by atoms with E-state index in [4.69, 9.17) is 0 Å². The van der Waals surface area contributed by atoms with Crippen molar-refractivity contribution in [2.45, 2.75) is 30.3 Å². The van der Waals surface area contributed by atoms with Crippen molar-refractivity contribution < 1.29 is 9.59 Å². The fraction of sp³-hybridized carbons (Fsp3) is 0.346. The third-order valence-corrected chi connectivity index (χ3v) is 7.97. The van der Waals surface area contributed by atoms with E-state index in [1.807, 2.05) is 70.9 Å². The number of aromatic nitrogens is 1. The summed E-state index contributed by atoms with van der Waals surface area (Å²) in [5.41, 5.74) is 1.90. The Hall–Kier alpha value is -2.64. The van der Waals surface area contributed by atoms with E-state index in [2.05, 4.69) is 17.1 Å². The average Bonchev–Trinajstić information content (AvgIpc) is 3.42. The van der Waals surface area contributed by atoms with E-state index in [0.29, 0.717) is 24.6 Å². The fourth-order valence-corrected chi connectivity index (χ4v) is 5.82. The van der Waals surface area contributed by atoms with Crippen LogP contribution in [0.25, 0.3) is 0 Å². The van der Waals surface area contributed by atoms with E-state index in [-0.39, 0.29) is 17.9 Å². The minimum atomic E-state index is 0.0496. The number of piperidine rings is 1. The second kappa shape index (κ2) is 11.0. The van der Waals surface area contributed by atoms with Gasteiger partial charge in [-0.3, -0.25) is 9.59 Å². The van der Waals surface area contributed by atoms with E-state index in [9.17, 15) is 9.59 Å². The molecule has 1 fully saturated rings. The van der Waals surface area contributed by atoms with Crippen LogP contribution in [0.1, 0.15) is 38.4 Å². The highest BCUT2D eigenvalue weighted by molar-refractivity contribution is 7.98. The van der Waals surface area contributed by atoms with Crippen LogP contribution >= 0.6 is 23.1 Å². The van der Waals surface area contributed by atoms with Crippen LogP contribution in [-0.4, -0.2) is 59.0 Å². The Morgan fingerprint density at radius 1 is 1.12 bits per heavy atom. The highest BCUT2D eigenvalue weighted by atomic mass is 32.2. The Bertz CT molecular complexity index is 1060. The van der Waals surface area contributed by atoms with Gasteiger partial charge >= 0.3 is 0 Å². The first-order valence-corrected chi connectivity index (χ1v) is 13.3. The van der Waals surface area contributed by atoms with Gasteiger partial charge in [0.05, 0.1) is 10.4 Å². The molecule has 3 aromatic rings. The zero-order valence-electron chi connectivity index (χ0n) is 19.0. The van der Waals surface area contributed by atoms with Crippen LogP contribution < -0.4 is 0 Å². The van der Waals surface area contributed by atoms with Gasteiger partial charge in [-0.05, 0) is 60.6 Å². The van der Waals surface area contributed by atoms with E-state index >= 15 is 0 Å². The lowest BCUT2D eigenvalue weighted by molar-refractivity contribution is 0.0523. The maximum Gasteiger partial charge on any atom is 0.263 e. The summed E-state index contributed by atoms with van der Waals surface area (Å²) in [6.07, 6.45) is 6.23. The summed E-state index contributed by atoms with van der Waals surface area (Å²) in [6.45, 7) is 1.39. The molecule has 172 valence electrons. The maximum atomic E-state index is 13.2. The predicted molar refractivity (Wildman–Crippen MR) is 135 cm³/mol. The van der Waals surface area contributed by atoms with Crippen LogP contribution in [0.4, 0.5) is 0 Å². The number of thiophene rings is 1.